The molecule has 2 amide bonds. The minimum absolute atomic E-state index is 0.138. The molecule has 0 saturated carbocycles. The third-order valence-corrected chi connectivity index (χ3v) is 4.32. The number of hydrogen-bond acceptors (Lipinski definition) is 3. The molecule has 0 aliphatic carbocycles. The molecule has 7 heteroatoms. The van der Waals surface area contributed by atoms with Crippen LogP contribution in [-0.2, 0) is 9.59 Å². The SMILES string of the molecule is CC1(C(=O)O)CCN(C(=O)CNC(=O)c2cccc(Br)c2)C1. The second-order valence-electron chi connectivity index (χ2n) is 5.62. The Morgan fingerprint density at radius 3 is 2.73 bits per heavy atom. The van der Waals surface area contributed by atoms with Gasteiger partial charge in [-0.05, 0) is 31.5 Å². The number of carbonyl (C=O) groups is 3. The van der Waals surface area contributed by atoms with Crippen molar-refractivity contribution in [1.82, 2.24) is 10.2 Å². The van der Waals surface area contributed by atoms with E-state index < -0.39 is 11.4 Å². The van der Waals surface area contributed by atoms with Gasteiger partial charge in [0.2, 0.25) is 5.91 Å². The minimum Gasteiger partial charge on any atom is -0.481 e. The molecule has 6 nitrogen and oxygen atoms in total. The second-order valence-corrected chi connectivity index (χ2v) is 6.54. The third kappa shape index (κ3) is 3.65. The fourth-order valence-electron chi connectivity index (χ4n) is 2.35. The summed E-state index contributed by atoms with van der Waals surface area (Å²) in [5.74, 6) is -1.51. The van der Waals surface area contributed by atoms with Gasteiger partial charge in [0.1, 0.15) is 0 Å². The van der Waals surface area contributed by atoms with Crippen molar-refractivity contribution < 1.29 is 19.5 Å². The highest BCUT2D eigenvalue weighted by molar-refractivity contribution is 9.10. The van der Waals surface area contributed by atoms with E-state index in [0.29, 0.717) is 18.5 Å². The van der Waals surface area contributed by atoms with E-state index in [2.05, 4.69) is 21.2 Å². The van der Waals surface area contributed by atoms with Crippen LogP contribution in [0.2, 0.25) is 0 Å². The highest BCUT2D eigenvalue weighted by atomic mass is 79.9. The molecule has 1 fully saturated rings. The van der Waals surface area contributed by atoms with Crippen molar-refractivity contribution in [2.24, 2.45) is 5.41 Å². The molecule has 0 spiro atoms. The zero-order valence-corrected chi connectivity index (χ0v) is 13.7. The Balaban J connectivity index is 1.89. The van der Waals surface area contributed by atoms with Crippen molar-refractivity contribution in [2.45, 2.75) is 13.3 Å². The van der Waals surface area contributed by atoms with Crippen molar-refractivity contribution in [3.63, 3.8) is 0 Å². The number of nitrogens with one attached hydrogen (secondary N) is 1. The summed E-state index contributed by atoms with van der Waals surface area (Å²) in [7, 11) is 0. The largest absolute Gasteiger partial charge is 0.481 e. The molecule has 0 radical (unpaired) electrons. The van der Waals surface area contributed by atoms with Crippen molar-refractivity contribution in [3.8, 4) is 0 Å². The molecule has 1 aliphatic rings. The van der Waals surface area contributed by atoms with Gasteiger partial charge in [0, 0.05) is 23.1 Å². The van der Waals surface area contributed by atoms with Gasteiger partial charge < -0.3 is 15.3 Å². The Hall–Kier alpha value is -1.89. The van der Waals surface area contributed by atoms with Crippen molar-refractivity contribution >= 4 is 33.7 Å². The zero-order chi connectivity index (χ0) is 16.3. The molecular formula is C15H17BrN2O4. The predicted molar refractivity (Wildman–Crippen MR) is 83.4 cm³/mol. The maximum absolute atomic E-state index is 12.1. The van der Waals surface area contributed by atoms with Crippen molar-refractivity contribution in [1.29, 1.82) is 0 Å². The molecule has 1 saturated heterocycles. The lowest BCUT2D eigenvalue weighted by Crippen LogP contribution is -2.41. The van der Waals surface area contributed by atoms with Crippen LogP contribution in [0.5, 0.6) is 0 Å². The summed E-state index contributed by atoms with van der Waals surface area (Å²) in [5.41, 5.74) is -0.441. The summed E-state index contributed by atoms with van der Waals surface area (Å²) in [6, 6.07) is 6.86. The van der Waals surface area contributed by atoms with E-state index >= 15 is 0 Å². The summed E-state index contributed by atoms with van der Waals surface area (Å²) in [6.07, 6.45) is 0.424. The van der Waals surface area contributed by atoms with Gasteiger partial charge in [0.25, 0.3) is 5.91 Å². The number of carboxylic acid groups (broad SMARTS) is 1. The van der Waals surface area contributed by atoms with Gasteiger partial charge in [-0.2, -0.15) is 0 Å². The van der Waals surface area contributed by atoms with E-state index in [1.807, 2.05) is 0 Å². The lowest BCUT2D eigenvalue weighted by Gasteiger charge is -2.20. The molecule has 1 aromatic carbocycles. The Bertz CT molecular complexity index is 619. The van der Waals surface area contributed by atoms with Gasteiger partial charge in [0.15, 0.2) is 0 Å². The molecule has 1 unspecified atom stereocenters. The molecule has 1 aliphatic heterocycles. The summed E-state index contributed by atoms with van der Waals surface area (Å²) in [4.78, 5) is 36.7. The smallest absolute Gasteiger partial charge is 0.311 e. The molecule has 2 rings (SSSR count). The molecule has 1 atom stereocenters. The van der Waals surface area contributed by atoms with Crippen LogP contribution in [0.4, 0.5) is 0 Å². The van der Waals surface area contributed by atoms with Crippen molar-refractivity contribution in [3.05, 3.63) is 34.3 Å². The average molecular weight is 369 g/mol. The molecule has 1 aromatic rings. The number of rotatable bonds is 4. The monoisotopic (exact) mass is 368 g/mol. The van der Waals surface area contributed by atoms with Gasteiger partial charge in [-0.3, -0.25) is 14.4 Å². The van der Waals surface area contributed by atoms with Gasteiger partial charge in [-0.1, -0.05) is 22.0 Å². The van der Waals surface area contributed by atoms with Crippen LogP contribution in [0.3, 0.4) is 0 Å². The lowest BCUT2D eigenvalue weighted by atomic mass is 9.90. The van der Waals surface area contributed by atoms with Gasteiger partial charge >= 0.3 is 5.97 Å². The van der Waals surface area contributed by atoms with E-state index in [9.17, 15) is 14.4 Å². The number of hydrogen-bond donors (Lipinski definition) is 2. The maximum Gasteiger partial charge on any atom is 0.311 e. The zero-order valence-electron chi connectivity index (χ0n) is 12.1. The summed E-state index contributed by atoms with van der Waals surface area (Å²) in [6.45, 7) is 2.06. The fraction of sp³-hybridized carbons (Fsp3) is 0.400. The first-order chi connectivity index (χ1) is 10.3. The van der Waals surface area contributed by atoms with Crippen LogP contribution in [0.1, 0.15) is 23.7 Å². The predicted octanol–water partition coefficient (Wildman–Crippen LogP) is 1.50. The van der Waals surface area contributed by atoms with Crippen LogP contribution in [-0.4, -0.2) is 47.4 Å². The normalized spacial score (nSPS) is 20.7. The van der Waals surface area contributed by atoms with E-state index in [0.717, 1.165) is 4.47 Å². The fourth-order valence-corrected chi connectivity index (χ4v) is 2.75. The van der Waals surface area contributed by atoms with E-state index in [1.165, 1.54) is 4.90 Å². The van der Waals surface area contributed by atoms with E-state index in [-0.39, 0.29) is 24.9 Å². The first-order valence-electron chi connectivity index (χ1n) is 6.87. The Kier molecular flexibility index (Phi) is 4.85. The number of likely N-dealkylation sites (tertiary alicyclic amines) is 1. The number of benzene rings is 1. The summed E-state index contributed by atoms with van der Waals surface area (Å²) < 4.78 is 0.781. The molecular weight excluding hydrogens is 352 g/mol. The minimum atomic E-state index is -0.902. The number of carboxylic acids is 1. The van der Waals surface area contributed by atoms with E-state index in [1.54, 1.807) is 31.2 Å². The summed E-state index contributed by atoms with van der Waals surface area (Å²) >= 11 is 3.28. The van der Waals surface area contributed by atoms with Crippen LogP contribution in [0.15, 0.2) is 28.7 Å². The van der Waals surface area contributed by atoms with Gasteiger partial charge in [0.05, 0.1) is 12.0 Å². The molecule has 118 valence electrons. The third-order valence-electron chi connectivity index (χ3n) is 3.83. The van der Waals surface area contributed by atoms with Crippen LogP contribution in [0, 0.1) is 5.41 Å². The Morgan fingerprint density at radius 1 is 1.41 bits per heavy atom. The highest BCUT2D eigenvalue weighted by Crippen LogP contribution is 2.29. The number of halogens is 1. The lowest BCUT2D eigenvalue weighted by molar-refractivity contribution is -0.147. The Labute approximate surface area is 136 Å². The molecule has 0 bridgehead atoms. The summed E-state index contributed by atoms with van der Waals surface area (Å²) in [5, 5.41) is 11.7. The number of nitrogens with zero attached hydrogens (tertiary/aromatic N) is 1. The van der Waals surface area contributed by atoms with Crippen LogP contribution < -0.4 is 5.32 Å². The van der Waals surface area contributed by atoms with Crippen LogP contribution >= 0.6 is 15.9 Å². The number of aliphatic carboxylic acids is 1. The highest BCUT2D eigenvalue weighted by Gasteiger charge is 2.41. The number of amides is 2. The van der Waals surface area contributed by atoms with Gasteiger partial charge in [-0.25, -0.2) is 0 Å². The molecule has 2 N–H and O–H groups in total. The van der Waals surface area contributed by atoms with Crippen molar-refractivity contribution in [2.75, 3.05) is 19.6 Å². The average Bonchev–Trinajstić information content (AvgIpc) is 2.88. The topological polar surface area (TPSA) is 86.7 Å². The van der Waals surface area contributed by atoms with Crippen LogP contribution in [0.25, 0.3) is 0 Å². The molecule has 1 heterocycles. The van der Waals surface area contributed by atoms with Gasteiger partial charge in [-0.15, -0.1) is 0 Å². The standard InChI is InChI=1S/C15H17BrN2O4/c1-15(14(21)22)5-6-18(9-15)12(19)8-17-13(20)10-3-2-4-11(16)7-10/h2-4,7H,5-6,8-9H2,1H3,(H,17,20)(H,21,22). The molecule has 0 aromatic heterocycles. The second kappa shape index (κ2) is 6.48. The Morgan fingerprint density at radius 2 is 2.14 bits per heavy atom. The first kappa shape index (κ1) is 16.5. The maximum atomic E-state index is 12.1. The van der Waals surface area contributed by atoms with E-state index in [4.69, 9.17) is 5.11 Å². The quantitative estimate of drug-likeness (QED) is 0.842. The first-order valence-corrected chi connectivity index (χ1v) is 7.66. The number of carbonyl (C=O) groups excluding carboxylic acids is 2. The molecule has 22 heavy (non-hydrogen) atoms.